The van der Waals surface area contributed by atoms with Crippen molar-refractivity contribution < 1.29 is 12.8 Å². The lowest BCUT2D eigenvalue weighted by Crippen LogP contribution is -2.42. The van der Waals surface area contributed by atoms with Gasteiger partial charge in [0, 0.05) is 13.6 Å². The van der Waals surface area contributed by atoms with Gasteiger partial charge in [0.15, 0.2) is 0 Å². The Morgan fingerprint density at radius 3 is 2.45 bits per heavy atom. The number of rotatable bonds is 2. The van der Waals surface area contributed by atoms with Gasteiger partial charge in [-0.15, -0.1) is 0 Å². The molecule has 1 aliphatic heterocycles. The summed E-state index contributed by atoms with van der Waals surface area (Å²) in [5.74, 6) is -0.639. The van der Waals surface area contributed by atoms with Crippen molar-refractivity contribution in [3.8, 4) is 0 Å². The molecule has 116 valence electrons. The molecule has 0 unspecified atom stereocenters. The Bertz CT molecular complexity index is 826. The number of hydrogen-bond acceptors (Lipinski definition) is 3. The van der Waals surface area contributed by atoms with Crippen molar-refractivity contribution in [3.05, 3.63) is 53.3 Å². The second-order valence-corrected chi connectivity index (χ2v) is 7.33. The SMILES string of the molecule is CN1CCN(S(=O)(=O)c2ccc(F)c(Cl)c2)c2ccccc21. The smallest absolute Gasteiger partial charge is 0.264 e. The first-order valence-corrected chi connectivity index (χ1v) is 8.51. The lowest BCUT2D eigenvalue weighted by atomic mass is 10.2. The maximum Gasteiger partial charge on any atom is 0.264 e. The van der Waals surface area contributed by atoms with Gasteiger partial charge >= 0.3 is 0 Å². The largest absolute Gasteiger partial charge is 0.371 e. The van der Waals surface area contributed by atoms with Crippen LogP contribution >= 0.6 is 11.6 Å². The van der Waals surface area contributed by atoms with Crippen LogP contribution < -0.4 is 9.21 Å². The van der Waals surface area contributed by atoms with Gasteiger partial charge in [-0.25, -0.2) is 12.8 Å². The van der Waals surface area contributed by atoms with E-state index in [0.717, 1.165) is 17.8 Å². The van der Waals surface area contributed by atoms with Crippen LogP contribution in [0.1, 0.15) is 0 Å². The number of hydrogen-bond donors (Lipinski definition) is 0. The molecule has 2 aromatic carbocycles. The van der Waals surface area contributed by atoms with E-state index in [9.17, 15) is 12.8 Å². The van der Waals surface area contributed by atoms with Crippen LogP contribution in [0, 0.1) is 5.82 Å². The van der Waals surface area contributed by atoms with Crippen molar-refractivity contribution in [2.24, 2.45) is 0 Å². The minimum Gasteiger partial charge on any atom is -0.371 e. The van der Waals surface area contributed by atoms with Crippen LogP contribution in [-0.2, 0) is 10.0 Å². The zero-order valence-corrected chi connectivity index (χ0v) is 13.4. The Balaban J connectivity index is 2.10. The average Bonchev–Trinajstić information content (AvgIpc) is 2.50. The molecule has 0 aliphatic carbocycles. The van der Waals surface area contributed by atoms with Crippen LogP contribution in [0.2, 0.25) is 5.02 Å². The van der Waals surface area contributed by atoms with Gasteiger partial charge in [0.1, 0.15) is 5.82 Å². The Morgan fingerprint density at radius 2 is 1.77 bits per heavy atom. The highest BCUT2D eigenvalue weighted by Gasteiger charge is 2.31. The normalized spacial score (nSPS) is 14.9. The fourth-order valence-corrected chi connectivity index (χ4v) is 4.24. The first-order chi connectivity index (χ1) is 10.4. The van der Waals surface area contributed by atoms with Crippen molar-refractivity contribution in [2.45, 2.75) is 4.90 Å². The number of para-hydroxylation sites is 2. The van der Waals surface area contributed by atoms with Crippen LogP contribution in [-0.4, -0.2) is 28.6 Å². The summed E-state index contributed by atoms with van der Waals surface area (Å²) in [6.45, 7) is 0.899. The predicted octanol–water partition coefficient (Wildman–Crippen LogP) is 3.12. The van der Waals surface area contributed by atoms with Gasteiger partial charge in [0.05, 0.1) is 27.8 Å². The zero-order valence-electron chi connectivity index (χ0n) is 11.8. The molecule has 0 spiro atoms. The minimum atomic E-state index is -3.78. The molecule has 3 rings (SSSR count). The van der Waals surface area contributed by atoms with Gasteiger partial charge < -0.3 is 4.90 Å². The van der Waals surface area contributed by atoms with Crippen molar-refractivity contribution in [2.75, 3.05) is 29.3 Å². The molecule has 0 fully saturated rings. The van der Waals surface area contributed by atoms with Gasteiger partial charge in [-0.3, -0.25) is 4.31 Å². The Hall–Kier alpha value is -1.79. The van der Waals surface area contributed by atoms with Crippen LogP contribution in [0.4, 0.5) is 15.8 Å². The second kappa shape index (κ2) is 5.44. The fraction of sp³-hybridized carbons (Fsp3) is 0.200. The molecule has 2 aromatic rings. The Morgan fingerprint density at radius 1 is 1.09 bits per heavy atom. The van der Waals surface area contributed by atoms with E-state index in [4.69, 9.17) is 11.6 Å². The number of benzene rings is 2. The van der Waals surface area contributed by atoms with Crippen molar-refractivity contribution in [1.82, 2.24) is 0 Å². The number of halogens is 2. The van der Waals surface area contributed by atoms with Gasteiger partial charge in [0.25, 0.3) is 10.0 Å². The average molecular weight is 341 g/mol. The highest BCUT2D eigenvalue weighted by atomic mass is 35.5. The lowest BCUT2D eigenvalue weighted by molar-refractivity contribution is 0.588. The molecule has 0 aromatic heterocycles. The molecule has 4 nitrogen and oxygen atoms in total. The van der Waals surface area contributed by atoms with E-state index in [1.54, 1.807) is 12.1 Å². The number of anilines is 2. The first-order valence-electron chi connectivity index (χ1n) is 6.69. The number of sulfonamides is 1. The van der Waals surface area contributed by atoms with E-state index in [-0.39, 0.29) is 9.92 Å². The summed E-state index contributed by atoms with van der Waals surface area (Å²) in [5, 5.41) is -0.205. The number of likely N-dealkylation sites (N-methyl/N-ethyl adjacent to an activating group) is 1. The van der Waals surface area contributed by atoms with E-state index < -0.39 is 15.8 Å². The molecule has 0 amide bonds. The van der Waals surface area contributed by atoms with Crippen molar-refractivity contribution in [1.29, 1.82) is 0 Å². The second-order valence-electron chi connectivity index (χ2n) is 5.06. The topological polar surface area (TPSA) is 40.6 Å². The maximum atomic E-state index is 13.3. The third kappa shape index (κ3) is 2.42. The monoisotopic (exact) mass is 340 g/mol. The Kier molecular flexibility index (Phi) is 3.74. The highest BCUT2D eigenvalue weighted by Crippen LogP contribution is 2.35. The molecular weight excluding hydrogens is 327 g/mol. The van der Waals surface area contributed by atoms with E-state index in [1.807, 2.05) is 24.1 Å². The predicted molar refractivity (Wildman–Crippen MR) is 85.7 cm³/mol. The molecule has 7 heteroatoms. The van der Waals surface area contributed by atoms with Gasteiger partial charge in [-0.1, -0.05) is 23.7 Å². The van der Waals surface area contributed by atoms with E-state index in [1.165, 1.54) is 10.4 Å². The third-order valence-corrected chi connectivity index (χ3v) is 5.78. The van der Waals surface area contributed by atoms with Crippen LogP contribution in [0.3, 0.4) is 0 Å². The van der Waals surface area contributed by atoms with Gasteiger partial charge in [-0.2, -0.15) is 0 Å². The Labute approximate surface area is 133 Å². The van der Waals surface area contributed by atoms with E-state index in [2.05, 4.69) is 0 Å². The molecular formula is C15H14ClFN2O2S. The molecule has 0 atom stereocenters. The van der Waals surface area contributed by atoms with Gasteiger partial charge in [0.2, 0.25) is 0 Å². The van der Waals surface area contributed by atoms with Gasteiger partial charge in [-0.05, 0) is 30.3 Å². The molecule has 1 heterocycles. The molecule has 0 bridgehead atoms. The molecule has 0 saturated carbocycles. The fourth-order valence-electron chi connectivity index (χ4n) is 2.49. The molecule has 1 aliphatic rings. The molecule has 0 N–H and O–H groups in total. The minimum absolute atomic E-state index is 0.0155. The molecule has 22 heavy (non-hydrogen) atoms. The number of fused-ring (bicyclic) bond motifs is 1. The summed E-state index contributed by atoms with van der Waals surface area (Å²) >= 11 is 5.72. The highest BCUT2D eigenvalue weighted by molar-refractivity contribution is 7.92. The third-order valence-electron chi connectivity index (χ3n) is 3.68. The summed E-state index contributed by atoms with van der Waals surface area (Å²) < 4.78 is 40.3. The summed E-state index contributed by atoms with van der Waals surface area (Å²) in [7, 11) is -1.87. The summed E-state index contributed by atoms with van der Waals surface area (Å²) in [4.78, 5) is 1.98. The van der Waals surface area contributed by atoms with Crippen LogP contribution in [0.25, 0.3) is 0 Å². The van der Waals surface area contributed by atoms with Crippen molar-refractivity contribution in [3.63, 3.8) is 0 Å². The standard InChI is InChI=1S/C15H14ClFN2O2S/c1-18-8-9-19(15-5-3-2-4-14(15)18)22(20,21)11-6-7-13(17)12(16)10-11/h2-7,10H,8-9H2,1H3. The molecule has 0 radical (unpaired) electrons. The summed E-state index contributed by atoms with van der Waals surface area (Å²) in [6.07, 6.45) is 0. The summed E-state index contributed by atoms with van der Waals surface area (Å²) in [6, 6.07) is 10.7. The maximum absolute atomic E-state index is 13.3. The zero-order chi connectivity index (χ0) is 15.9. The van der Waals surface area contributed by atoms with E-state index >= 15 is 0 Å². The van der Waals surface area contributed by atoms with E-state index in [0.29, 0.717) is 18.8 Å². The summed E-state index contributed by atoms with van der Waals surface area (Å²) in [5.41, 5.74) is 1.45. The number of nitrogens with zero attached hydrogens (tertiary/aromatic N) is 2. The first kappa shape index (κ1) is 15.1. The van der Waals surface area contributed by atoms with Crippen molar-refractivity contribution >= 4 is 33.0 Å². The molecule has 0 saturated heterocycles. The van der Waals surface area contributed by atoms with Crippen LogP contribution in [0.5, 0.6) is 0 Å². The lowest BCUT2D eigenvalue weighted by Gasteiger charge is -2.36. The van der Waals surface area contributed by atoms with Crippen LogP contribution in [0.15, 0.2) is 47.4 Å². The quantitative estimate of drug-likeness (QED) is 0.843.